The Morgan fingerprint density at radius 2 is 1.00 bits per heavy atom. The maximum atomic E-state index is 12.5. The fourth-order valence-corrected chi connectivity index (χ4v) is 5.38. The Labute approximate surface area is 270 Å². The van der Waals surface area contributed by atoms with Crippen LogP contribution in [0.1, 0.15) is 162 Å². The molecule has 0 aliphatic heterocycles. The molecule has 0 bridgehead atoms. The van der Waals surface area contributed by atoms with Gasteiger partial charge >= 0.3 is 17.9 Å². The molecule has 0 aliphatic carbocycles. The summed E-state index contributed by atoms with van der Waals surface area (Å²) < 4.78 is 17.0. The van der Waals surface area contributed by atoms with Gasteiger partial charge < -0.3 is 23.8 Å². The lowest BCUT2D eigenvalue weighted by Gasteiger charge is -2.31. The lowest BCUT2D eigenvalue weighted by Crippen LogP contribution is -2.50. The van der Waals surface area contributed by atoms with E-state index in [-0.39, 0.29) is 36.2 Å². The van der Waals surface area contributed by atoms with Crippen LogP contribution in [0.5, 0.6) is 0 Å². The van der Waals surface area contributed by atoms with E-state index in [0.717, 1.165) is 38.5 Å². The van der Waals surface area contributed by atoms with Gasteiger partial charge in [0.2, 0.25) is 0 Å². The number of aliphatic carboxylic acids is 1. The Morgan fingerprint density at radius 3 is 1.45 bits per heavy atom. The highest BCUT2D eigenvalue weighted by atomic mass is 16.6. The molecule has 0 saturated carbocycles. The van der Waals surface area contributed by atoms with E-state index >= 15 is 0 Å². The Balaban J connectivity index is 4.14. The number of likely N-dealkylation sites (N-methyl/N-ethyl adjacent to an activating group) is 1. The van der Waals surface area contributed by atoms with Crippen LogP contribution < -0.4 is 0 Å². The lowest BCUT2D eigenvalue weighted by atomic mass is 10.0. The second-order valence-electron chi connectivity index (χ2n) is 13.5. The van der Waals surface area contributed by atoms with E-state index in [1.807, 2.05) is 21.1 Å². The number of hydrogen-bond acceptors (Lipinski definition) is 6. The quantitative estimate of drug-likeness (QED) is 0.0452. The van der Waals surface area contributed by atoms with Gasteiger partial charge in [-0.15, -0.1) is 0 Å². The minimum atomic E-state index is -0.876. The van der Waals surface area contributed by atoms with Crippen molar-refractivity contribution in [3.63, 3.8) is 0 Å². The standard InChI is InChI=1S/C36H69NO7/c1-6-8-10-11-12-13-14-15-16-17-18-19-20-21-22-23-25-27-35(39)44-32(31-43-34(38)26-24-9-7-2)30-42-29-28-33(36(40)41)37(3,4)5/h32-33H,6-31H2,1-5H3/p+1. The average Bonchev–Trinajstić information content (AvgIpc) is 2.96. The maximum Gasteiger partial charge on any atom is 0.362 e. The molecule has 0 saturated heterocycles. The molecule has 8 heteroatoms. The van der Waals surface area contributed by atoms with Gasteiger partial charge in [-0.05, 0) is 12.8 Å². The van der Waals surface area contributed by atoms with Crippen LogP contribution in [0.25, 0.3) is 0 Å². The van der Waals surface area contributed by atoms with E-state index in [9.17, 15) is 19.5 Å². The highest BCUT2D eigenvalue weighted by molar-refractivity contribution is 5.72. The van der Waals surface area contributed by atoms with Crippen molar-refractivity contribution in [2.45, 2.75) is 174 Å². The molecule has 0 rings (SSSR count). The Kier molecular flexibility index (Phi) is 27.7. The third-order valence-corrected chi connectivity index (χ3v) is 8.26. The number of ether oxygens (including phenoxy) is 3. The molecule has 0 radical (unpaired) electrons. The molecule has 0 aromatic rings. The summed E-state index contributed by atoms with van der Waals surface area (Å²) in [5.74, 6) is -1.49. The van der Waals surface area contributed by atoms with Crippen molar-refractivity contribution in [3.8, 4) is 0 Å². The number of hydrogen-bond donors (Lipinski definition) is 1. The molecular formula is C36H70NO7+. The zero-order valence-corrected chi connectivity index (χ0v) is 29.4. The third kappa shape index (κ3) is 26.7. The second-order valence-corrected chi connectivity index (χ2v) is 13.5. The zero-order chi connectivity index (χ0) is 32.9. The number of unbranched alkanes of at least 4 members (excludes halogenated alkanes) is 18. The molecule has 0 aromatic heterocycles. The fraction of sp³-hybridized carbons (Fsp3) is 0.917. The Bertz CT molecular complexity index is 707. The molecule has 0 heterocycles. The zero-order valence-electron chi connectivity index (χ0n) is 29.4. The Hall–Kier alpha value is -1.67. The van der Waals surface area contributed by atoms with E-state index < -0.39 is 18.1 Å². The van der Waals surface area contributed by atoms with Crippen LogP contribution in [0.4, 0.5) is 0 Å². The van der Waals surface area contributed by atoms with E-state index in [0.29, 0.717) is 19.3 Å². The summed E-state index contributed by atoms with van der Waals surface area (Å²) in [6.45, 7) is 4.57. The van der Waals surface area contributed by atoms with Crippen molar-refractivity contribution in [2.75, 3.05) is 41.0 Å². The second kappa shape index (κ2) is 28.8. The molecule has 0 aliphatic rings. The molecule has 0 spiro atoms. The van der Waals surface area contributed by atoms with Gasteiger partial charge in [-0.1, -0.05) is 129 Å². The first-order chi connectivity index (χ1) is 21.1. The molecule has 1 N–H and O–H groups in total. The van der Waals surface area contributed by atoms with Gasteiger partial charge in [-0.3, -0.25) is 9.59 Å². The number of carboxylic acids is 1. The van der Waals surface area contributed by atoms with Crippen LogP contribution in [0, 0.1) is 0 Å². The maximum absolute atomic E-state index is 12.5. The Morgan fingerprint density at radius 1 is 0.591 bits per heavy atom. The van der Waals surface area contributed by atoms with Gasteiger partial charge in [-0.25, -0.2) is 4.79 Å². The number of rotatable bonds is 32. The van der Waals surface area contributed by atoms with E-state index in [4.69, 9.17) is 14.2 Å². The number of quaternary nitrogens is 1. The predicted molar refractivity (Wildman–Crippen MR) is 179 cm³/mol. The summed E-state index contributed by atoms with van der Waals surface area (Å²) >= 11 is 0. The molecule has 0 amide bonds. The molecular weight excluding hydrogens is 558 g/mol. The lowest BCUT2D eigenvalue weighted by molar-refractivity contribution is -0.887. The average molecular weight is 629 g/mol. The first-order valence-electron chi connectivity index (χ1n) is 18.1. The summed E-state index contributed by atoms with van der Waals surface area (Å²) in [6, 6.07) is -0.605. The van der Waals surface area contributed by atoms with Crippen LogP contribution in [-0.4, -0.2) is 80.6 Å². The summed E-state index contributed by atoms with van der Waals surface area (Å²) in [6.07, 6.45) is 25.0. The van der Waals surface area contributed by atoms with E-state index in [2.05, 4.69) is 13.8 Å². The predicted octanol–water partition coefficient (Wildman–Crippen LogP) is 8.63. The van der Waals surface area contributed by atoms with Crippen LogP contribution in [0.2, 0.25) is 0 Å². The SMILES string of the molecule is CCCCCCCCCCCCCCCCCCCC(=O)OC(COCCC(C(=O)O)[N+](C)(C)C)COC(=O)CCCCC. The van der Waals surface area contributed by atoms with Crippen molar-refractivity contribution in [3.05, 3.63) is 0 Å². The van der Waals surface area contributed by atoms with Crippen molar-refractivity contribution < 1.29 is 38.2 Å². The molecule has 260 valence electrons. The van der Waals surface area contributed by atoms with Crippen molar-refractivity contribution in [2.24, 2.45) is 0 Å². The first-order valence-corrected chi connectivity index (χ1v) is 18.1. The highest BCUT2D eigenvalue weighted by Crippen LogP contribution is 2.15. The van der Waals surface area contributed by atoms with Crippen molar-refractivity contribution >= 4 is 17.9 Å². The van der Waals surface area contributed by atoms with Gasteiger partial charge in [0.1, 0.15) is 6.61 Å². The van der Waals surface area contributed by atoms with Gasteiger partial charge in [-0.2, -0.15) is 0 Å². The summed E-state index contributed by atoms with van der Waals surface area (Å²) in [7, 11) is 5.50. The minimum Gasteiger partial charge on any atom is -0.477 e. The van der Waals surface area contributed by atoms with Gasteiger partial charge in [0.25, 0.3) is 0 Å². The van der Waals surface area contributed by atoms with Gasteiger partial charge in [0.15, 0.2) is 12.1 Å². The van der Waals surface area contributed by atoms with Crippen molar-refractivity contribution in [1.29, 1.82) is 0 Å². The normalized spacial score (nSPS) is 13.0. The van der Waals surface area contributed by atoms with Crippen LogP contribution >= 0.6 is 0 Å². The number of carbonyl (C=O) groups is 3. The summed E-state index contributed by atoms with van der Waals surface area (Å²) in [4.78, 5) is 36.2. The minimum absolute atomic E-state index is 0.0482. The summed E-state index contributed by atoms with van der Waals surface area (Å²) in [5.41, 5.74) is 0. The van der Waals surface area contributed by atoms with Gasteiger partial charge in [0.05, 0.1) is 34.4 Å². The topological polar surface area (TPSA) is 99.1 Å². The van der Waals surface area contributed by atoms with Crippen LogP contribution in [0.3, 0.4) is 0 Å². The monoisotopic (exact) mass is 629 g/mol. The molecule has 0 aromatic carbocycles. The van der Waals surface area contributed by atoms with Gasteiger partial charge in [0, 0.05) is 19.3 Å². The fourth-order valence-electron chi connectivity index (χ4n) is 5.38. The van der Waals surface area contributed by atoms with Crippen LogP contribution in [-0.2, 0) is 28.6 Å². The third-order valence-electron chi connectivity index (χ3n) is 8.26. The van der Waals surface area contributed by atoms with E-state index in [1.54, 1.807) is 0 Å². The summed E-state index contributed by atoms with van der Waals surface area (Å²) in [5, 5.41) is 9.51. The molecule has 8 nitrogen and oxygen atoms in total. The number of carbonyl (C=O) groups excluding carboxylic acids is 2. The molecule has 44 heavy (non-hydrogen) atoms. The number of nitrogens with zero attached hydrogens (tertiary/aromatic N) is 1. The largest absolute Gasteiger partial charge is 0.477 e. The smallest absolute Gasteiger partial charge is 0.362 e. The van der Waals surface area contributed by atoms with Crippen LogP contribution in [0.15, 0.2) is 0 Å². The first kappa shape index (κ1) is 42.3. The number of esters is 2. The van der Waals surface area contributed by atoms with Crippen molar-refractivity contribution in [1.82, 2.24) is 0 Å². The number of carboxylic acid groups (broad SMARTS) is 1. The molecule has 2 atom stereocenters. The molecule has 2 unspecified atom stereocenters. The van der Waals surface area contributed by atoms with E-state index in [1.165, 1.54) is 89.9 Å². The molecule has 0 fully saturated rings. The highest BCUT2D eigenvalue weighted by Gasteiger charge is 2.31.